The Morgan fingerprint density at radius 2 is 1.14 bits per heavy atom. The highest BCUT2D eigenvalue weighted by Gasteiger charge is 2.45. The van der Waals surface area contributed by atoms with Crippen LogP contribution < -0.4 is 15.7 Å². The van der Waals surface area contributed by atoms with Crippen LogP contribution in [0.3, 0.4) is 0 Å². The summed E-state index contributed by atoms with van der Waals surface area (Å²) in [7, 11) is 0. The predicted molar refractivity (Wildman–Crippen MR) is 298 cm³/mol. The van der Waals surface area contributed by atoms with Crippen molar-refractivity contribution >= 4 is 115 Å². The third-order valence-corrected chi connectivity index (χ3v) is 16.6. The van der Waals surface area contributed by atoms with Crippen LogP contribution >= 0.6 is 11.3 Å². The number of thiophene rings is 1. The molecule has 70 heavy (non-hydrogen) atoms. The van der Waals surface area contributed by atoms with Gasteiger partial charge >= 0.3 is 6.85 Å². The van der Waals surface area contributed by atoms with E-state index >= 15 is 0 Å². The summed E-state index contributed by atoms with van der Waals surface area (Å²) in [4.78, 5) is 2.60. The first kappa shape index (κ1) is 40.1. The molecule has 0 bridgehead atoms. The molecule has 13 aromatic rings. The van der Waals surface area contributed by atoms with Crippen molar-refractivity contribution < 1.29 is 8.83 Å². The molecule has 0 unspecified atom stereocenters. The number of aromatic nitrogens is 1. The fourth-order valence-corrected chi connectivity index (χ4v) is 13.1. The fourth-order valence-electron chi connectivity index (χ4n) is 12.0. The maximum absolute atomic E-state index is 7.22. The molecule has 0 spiro atoms. The van der Waals surface area contributed by atoms with E-state index in [0.29, 0.717) is 0 Å². The standard InChI is InChI=1S/C64H47BN2O2S/c1-63(2,3)38-21-24-40(25-22-38)67-52-35-56-47(41-26-23-39(64(4,5)6)29-54(41)68-56)30-45(52)43-27-28-44-46-33-58-48(42-19-13-14-20-57(42)70-58)31-51(46)66-53-32-49-55(34-50(53)65(67)60(43)61(44)66)69-62(37-17-11-8-12-18-37)59(49)36-15-9-7-10-16-36/h7-35H,1-6H3. The molecule has 0 N–H and O–H groups in total. The summed E-state index contributed by atoms with van der Waals surface area (Å²) in [5, 5.41) is 8.48. The Hall–Kier alpha value is -7.80. The average Bonchev–Trinajstić information content (AvgIpc) is 4.12. The van der Waals surface area contributed by atoms with Gasteiger partial charge in [-0.15, -0.1) is 11.3 Å². The third-order valence-electron chi connectivity index (χ3n) is 15.5. The van der Waals surface area contributed by atoms with Gasteiger partial charge in [-0.25, -0.2) is 0 Å². The highest BCUT2D eigenvalue weighted by Crippen LogP contribution is 2.50. The van der Waals surface area contributed by atoms with Crippen LogP contribution in [0.15, 0.2) is 185 Å². The number of rotatable bonds is 3. The second-order valence-electron chi connectivity index (χ2n) is 21.7. The zero-order valence-corrected chi connectivity index (χ0v) is 40.8. The summed E-state index contributed by atoms with van der Waals surface area (Å²) in [6.07, 6.45) is 0. The minimum Gasteiger partial charge on any atom is -0.456 e. The van der Waals surface area contributed by atoms with Crippen molar-refractivity contribution in [2.45, 2.75) is 52.4 Å². The van der Waals surface area contributed by atoms with E-state index in [1.807, 2.05) is 11.3 Å². The predicted octanol–water partition coefficient (Wildman–Crippen LogP) is 17.0. The number of benzene rings is 9. The fraction of sp³-hybridized carbons (Fsp3) is 0.125. The second kappa shape index (κ2) is 13.9. The summed E-state index contributed by atoms with van der Waals surface area (Å²) in [5.41, 5.74) is 19.4. The Kier molecular flexibility index (Phi) is 7.98. The van der Waals surface area contributed by atoms with E-state index < -0.39 is 0 Å². The molecule has 9 aromatic carbocycles. The smallest absolute Gasteiger partial charge is 0.333 e. The molecule has 2 aliphatic heterocycles. The summed E-state index contributed by atoms with van der Waals surface area (Å²) in [6.45, 7) is 13.5. The molecule has 15 rings (SSSR count). The van der Waals surface area contributed by atoms with Crippen LogP contribution in [0, 0.1) is 0 Å². The SMILES string of the molecule is CC(C)(C)c1ccc(N2B3c4cc5oc(-c6ccccc6)c(-c6ccccc6)c5cc4-n4c5cc6c(cc5c5ccc(c3c54)-c3cc4c(cc32)oc2cc(C(C)(C)C)ccc24)sc2ccccc26)cc1. The Bertz CT molecular complexity index is 4370. The van der Waals surface area contributed by atoms with E-state index in [0.717, 1.165) is 72.4 Å². The van der Waals surface area contributed by atoms with Gasteiger partial charge < -0.3 is 18.2 Å². The summed E-state index contributed by atoms with van der Waals surface area (Å²) >= 11 is 1.89. The number of furan rings is 2. The van der Waals surface area contributed by atoms with Crippen molar-refractivity contribution in [1.29, 1.82) is 0 Å². The zero-order chi connectivity index (χ0) is 46.9. The molecule has 4 aromatic heterocycles. The molecule has 0 saturated carbocycles. The third kappa shape index (κ3) is 5.54. The molecule has 0 atom stereocenters. The Morgan fingerprint density at radius 1 is 0.457 bits per heavy atom. The van der Waals surface area contributed by atoms with E-state index in [2.05, 4.69) is 227 Å². The molecule has 334 valence electrons. The highest BCUT2D eigenvalue weighted by molar-refractivity contribution is 7.25. The van der Waals surface area contributed by atoms with Gasteiger partial charge in [0.2, 0.25) is 0 Å². The van der Waals surface area contributed by atoms with E-state index in [-0.39, 0.29) is 17.7 Å². The molecular weight excluding hydrogens is 872 g/mol. The Balaban J connectivity index is 1.10. The minimum absolute atomic E-state index is 0.00127. The van der Waals surface area contributed by atoms with Crippen molar-refractivity contribution in [3.63, 3.8) is 0 Å². The van der Waals surface area contributed by atoms with Gasteiger partial charge in [-0.2, -0.15) is 0 Å². The van der Waals surface area contributed by atoms with Crippen molar-refractivity contribution in [1.82, 2.24) is 4.57 Å². The van der Waals surface area contributed by atoms with Crippen LogP contribution in [0.2, 0.25) is 0 Å². The number of anilines is 2. The maximum atomic E-state index is 7.22. The first-order valence-electron chi connectivity index (χ1n) is 24.5. The van der Waals surface area contributed by atoms with Crippen LogP contribution in [0.1, 0.15) is 52.7 Å². The van der Waals surface area contributed by atoms with Gasteiger partial charge in [0.1, 0.15) is 22.5 Å². The quantitative estimate of drug-likeness (QED) is 0.166. The topological polar surface area (TPSA) is 34.5 Å². The van der Waals surface area contributed by atoms with Crippen LogP contribution in [-0.2, 0) is 10.8 Å². The van der Waals surface area contributed by atoms with Gasteiger partial charge in [0.05, 0.1) is 11.0 Å². The van der Waals surface area contributed by atoms with E-state index in [1.165, 1.54) is 75.2 Å². The lowest BCUT2D eigenvalue weighted by atomic mass is 9.44. The molecule has 2 aliphatic rings. The average molecular weight is 919 g/mol. The Labute approximate surface area is 410 Å². The Morgan fingerprint density at radius 3 is 1.91 bits per heavy atom. The molecule has 6 heterocycles. The summed E-state index contributed by atoms with van der Waals surface area (Å²) in [5.74, 6) is 0.877. The molecular formula is C64H47BN2O2S. The largest absolute Gasteiger partial charge is 0.456 e. The molecule has 6 heteroatoms. The minimum atomic E-state index is -0.204. The summed E-state index contributed by atoms with van der Waals surface area (Å²) in [6, 6.07) is 65.6. The second-order valence-corrected chi connectivity index (χ2v) is 22.7. The molecule has 0 radical (unpaired) electrons. The first-order valence-corrected chi connectivity index (χ1v) is 25.3. The lowest BCUT2D eigenvalue weighted by molar-refractivity contribution is 0.587. The molecule has 0 aliphatic carbocycles. The zero-order valence-electron chi connectivity index (χ0n) is 39.9. The lowest BCUT2D eigenvalue weighted by Gasteiger charge is -2.42. The first-order chi connectivity index (χ1) is 34.0. The van der Waals surface area contributed by atoms with Gasteiger partial charge in [-0.1, -0.05) is 157 Å². The van der Waals surface area contributed by atoms with Crippen LogP contribution in [0.5, 0.6) is 0 Å². The van der Waals surface area contributed by atoms with Crippen molar-refractivity contribution in [2.24, 2.45) is 0 Å². The molecule has 0 amide bonds. The number of nitrogens with zero attached hydrogens (tertiary/aromatic N) is 2. The van der Waals surface area contributed by atoms with Crippen LogP contribution in [0.4, 0.5) is 11.4 Å². The molecule has 4 nitrogen and oxygen atoms in total. The number of hydrogen-bond acceptors (Lipinski definition) is 4. The lowest BCUT2D eigenvalue weighted by Crippen LogP contribution is -2.60. The van der Waals surface area contributed by atoms with Gasteiger partial charge in [0, 0.05) is 86.9 Å². The van der Waals surface area contributed by atoms with Crippen molar-refractivity contribution in [2.75, 3.05) is 4.81 Å². The van der Waals surface area contributed by atoms with Crippen molar-refractivity contribution in [3.05, 3.63) is 187 Å². The van der Waals surface area contributed by atoms with Gasteiger partial charge in [0.15, 0.2) is 0 Å². The van der Waals surface area contributed by atoms with E-state index in [1.54, 1.807) is 0 Å². The highest BCUT2D eigenvalue weighted by atomic mass is 32.1. The molecule has 0 fully saturated rings. The van der Waals surface area contributed by atoms with Crippen LogP contribution in [0.25, 0.3) is 114 Å². The maximum Gasteiger partial charge on any atom is 0.333 e. The molecule has 0 saturated heterocycles. The monoisotopic (exact) mass is 918 g/mol. The van der Waals surface area contributed by atoms with E-state index in [4.69, 9.17) is 8.83 Å². The van der Waals surface area contributed by atoms with Gasteiger partial charge in [0.25, 0.3) is 0 Å². The number of fused-ring (bicyclic) bond motifs is 15. The van der Waals surface area contributed by atoms with Gasteiger partial charge in [-0.3, -0.25) is 0 Å². The van der Waals surface area contributed by atoms with Gasteiger partial charge in [-0.05, 0) is 98.6 Å². The van der Waals surface area contributed by atoms with Crippen LogP contribution in [-0.4, -0.2) is 11.4 Å². The summed E-state index contributed by atoms with van der Waals surface area (Å²) < 4.78 is 19.4. The van der Waals surface area contributed by atoms with E-state index in [9.17, 15) is 0 Å². The number of hydrogen-bond donors (Lipinski definition) is 0. The van der Waals surface area contributed by atoms with Crippen molar-refractivity contribution in [3.8, 4) is 39.3 Å². The normalized spacial score (nSPS) is 13.5.